The van der Waals surface area contributed by atoms with Crippen LogP contribution in [0.2, 0.25) is 0 Å². The van der Waals surface area contributed by atoms with Crippen LogP contribution < -0.4 is 0 Å². The first kappa shape index (κ1) is 13.5. The molecule has 0 bridgehead atoms. The molecular formula is C15H17NO3S. The number of carboxylic acid groups (broad SMARTS) is 1. The van der Waals surface area contributed by atoms with Gasteiger partial charge in [-0.05, 0) is 29.7 Å². The summed E-state index contributed by atoms with van der Waals surface area (Å²) in [5.41, 5.74) is 2.35. The quantitative estimate of drug-likeness (QED) is 0.905. The van der Waals surface area contributed by atoms with Crippen LogP contribution >= 0.6 is 11.8 Å². The molecule has 3 rings (SSSR count). The number of rotatable bonds is 2. The molecule has 1 amide bonds. The fourth-order valence-corrected chi connectivity index (χ4v) is 4.20. The van der Waals surface area contributed by atoms with Crippen molar-refractivity contribution in [3.05, 3.63) is 35.4 Å². The van der Waals surface area contributed by atoms with Crippen molar-refractivity contribution in [3.8, 4) is 0 Å². The Morgan fingerprint density at radius 1 is 1.30 bits per heavy atom. The number of carboxylic acids is 1. The number of carbonyl (C=O) groups excluding carboxylic acids is 1. The highest BCUT2D eigenvalue weighted by atomic mass is 32.2. The summed E-state index contributed by atoms with van der Waals surface area (Å²) in [4.78, 5) is 25.4. The van der Waals surface area contributed by atoms with Crippen LogP contribution in [0.5, 0.6) is 0 Å². The second kappa shape index (κ2) is 5.48. The van der Waals surface area contributed by atoms with E-state index in [2.05, 4.69) is 6.07 Å². The second-order valence-electron chi connectivity index (χ2n) is 5.31. The zero-order chi connectivity index (χ0) is 14.1. The molecule has 1 aromatic rings. The topological polar surface area (TPSA) is 57.6 Å². The normalized spacial score (nSPS) is 25.3. The maximum atomic E-state index is 12.6. The van der Waals surface area contributed by atoms with E-state index < -0.39 is 11.9 Å². The standard InChI is InChI=1S/C15H17NO3S/c17-14(16-7-5-11(9-16)15(18)19)13-12-4-2-1-3-10(12)6-8-20-13/h1-4,11,13H,5-9H2,(H,18,19)/t11-,13-/m0/s1. The number of nitrogens with zero attached hydrogens (tertiary/aromatic N) is 1. The molecule has 0 unspecified atom stereocenters. The average Bonchev–Trinajstić information content (AvgIpc) is 2.96. The molecule has 0 aromatic heterocycles. The molecule has 1 aromatic carbocycles. The SMILES string of the molecule is O=C(O)[C@H]1CCN(C(=O)[C@H]2SCCc3ccccc32)C1. The van der Waals surface area contributed by atoms with Gasteiger partial charge >= 0.3 is 5.97 Å². The summed E-state index contributed by atoms with van der Waals surface area (Å²) in [7, 11) is 0. The minimum Gasteiger partial charge on any atom is -0.481 e. The van der Waals surface area contributed by atoms with E-state index in [0.717, 1.165) is 17.7 Å². The molecule has 0 radical (unpaired) electrons. The summed E-state index contributed by atoms with van der Waals surface area (Å²) < 4.78 is 0. The van der Waals surface area contributed by atoms with E-state index in [1.54, 1.807) is 16.7 Å². The molecule has 0 spiro atoms. The van der Waals surface area contributed by atoms with Crippen LogP contribution in [0.4, 0.5) is 0 Å². The Bertz CT molecular complexity index is 546. The number of benzene rings is 1. The van der Waals surface area contributed by atoms with Crippen molar-refractivity contribution >= 4 is 23.6 Å². The predicted octanol–water partition coefficient (Wildman–Crippen LogP) is 1.95. The third kappa shape index (κ3) is 2.42. The third-order valence-electron chi connectivity index (χ3n) is 4.07. The van der Waals surface area contributed by atoms with Crippen LogP contribution in [-0.4, -0.2) is 40.7 Å². The molecule has 4 nitrogen and oxygen atoms in total. The Labute approximate surface area is 122 Å². The van der Waals surface area contributed by atoms with Crippen LogP contribution in [0, 0.1) is 5.92 Å². The van der Waals surface area contributed by atoms with Crippen LogP contribution in [0.3, 0.4) is 0 Å². The van der Waals surface area contributed by atoms with E-state index in [0.29, 0.717) is 19.5 Å². The van der Waals surface area contributed by atoms with Crippen molar-refractivity contribution < 1.29 is 14.7 Å². The number of carbonyl (C=O) groups is 2. The van der Waals surface area contributed by atoms with Gasteiger partial charge in [-0.3, -0.25) is 9.59 Å². The molecule has 2 aliphatic rings. The van der Waals surface area contributed by atoms with Crippen molar-refractivity contribution in [2.24, 2.45) is 5.92 Å². The molecule has 2 heterocycles. The highest BCUT2D eigenvalue weighted by Gasteiger charge is 2.36. The molecule has 1 saturated heterocycles. The summed E-state index contributed by atoms with van der Waals surface area (Å²) in [5, 5.41) is 8.88. The summed E-state index contributed by atoms with van der Waals surface area (Å²) in [6.45, 7) is 0.919. The van der Waals surface area contributed by atoms with Crippen molar-refractivity contribution in [2.45, 2.75) is 18.1 Å². The number of hydrogen-bond acceptors (Lipinski definition) is 3. The van der Waals surface area contributed by atoms with E-state index in [1.165, 1.54) is 5.56 Å². The van der Waals surface area contributed by atoms with E-state index in [1.807, 2.05) is 18.2 Å². The lowest BCUT2D eigenvalue weighted by Crippen LogP contribution is -2.34. The van der Waals surface area contributed by atoms with Gasteiger partial charge < -0.3 is 10.0 Å². The average molecular weight is 291 g/mol. The predicted molar refractivity (Wildman–Crippen MR) is 77.7 cm³/mol. The van der Waals surface area contributed by atoms with Gasteiger partial charge in [-0.15, -0.1) is 11.8 Å². The van der Waals surface area contributed by atoms with E-state index in [4.69, 9.17) is 5.11 Å². The molecule has 1 N–H and O–H groups in total. The van der Waals surface area contributed by atoms with E-state index >= 15 is 0 Å². The lowest BCUT2D eigenvalue weighted by molar-refractivity contribution is -0.141. The van der Waals surface area contributed by atoms with Gasteiger partial charge in [0.2, 0.25) is 5.91 Å². The second-order valence-corrected chi connectivity index (χ2v) is 6.52. The summed E-state index contributed by atoms with van der Waals surface area (Å²) in [6, 6.07) is 8.08. The minimum absolute atomic E-state index is 0.0749. The number of fused-ring (bicyclic) bond motifs is 1. The Morgan fingerprint density at radius 2 is 2.10 bits per heavy atom. The number of aliphatic carboxylic acids is 1. The molecule has 106 valence electrons. The Hall–Kier alpha value is -1.49. The van der Waals surface area contributed by atoms with Crippen molar-refractivity contribution in [3.63, 3.8) is 0 Å². The molecule has 0 saturated carbocycles. The number of aryl methyl sites for hydroxylation is 1. The molecule has 20 heavy (non-hydrogen) atoms. The summed E-state index contributed by atoms with van der Waals surface area (Å²) in [5.74, 6) is -0.172. The zero-order valence-electron chi connectivity index (χ0n) is 11.1. The fraction of sp³-hybridized carbons (Fsp3) is 0.467. The number of likely N-dealkylation sites (tertiary alicyclic amines) is 1. The van der Waals surface area contributed by atoms with Crippen molar-refractivity contribution in [2.75, 3.05) is 18.8 Å². The molecule has 1 fully saturated rings. The number of amides is 1. The van der Waals surface area contributed by atoms with Gasteiger partial charge in [0.25, 0.3) is 0 Å². The molecular weight excluding hydrogens is 274 g/mol. The van der Waals surface area contributed by atoms with Gasteiger partial charge in [-0.25, -0.2) is 0 Å². The molecule has 0 aliphatic carbocycles. The summed E-state index contributed by atoms with van der Waals surface area (Å²) >= 11 is 1.67. The fourth-order valence-electron chi connectivity index (χ4n) is 2.93. The third-order valence-corrected chi connectivity index (χ3v) is 5.30. The van der Waals surface area contributed by atoms with Gasteiger partial charge in [0.1, 0.15) is 5.25 Å². The zero-order valence-corrected chi connectivity index (χ0v) is 11.9. The lowest BCUT2D eigenvalue weighted by atomic mass is 10.0. The van der Waals surface area contributed by atoms with Crippen LogP contribution in [0.1, 0.15) is 22.8 Å². The maximum absolute atomic E-state index is 12.6. The van der Waals surface area contributed by atoms with Gasteiger partial charge in [0, 0.05) is 13.1 Å². The number of hydrogen-bond donors (Lipinski definition) is 1. The van der Waals surface area contributed by atoms with Crippen LogP contribution in [0.25, 0.3) is 0 Å². The highest BCUT2D eigenvalue weighted by Crippen LogP contribution is 2.38. The molecule has 5 heteroatoms. The lowest BCUT2D eigenvalue weighted by Gasteiger charge is -2.28. The summed E-state index contributed by atoms with van der Waals surface area (Å²) in [6.07, 6.45) is 1.57. The minimum atomic E-state index is -0.794. The smallest absolute Gasteiger partial charge is 0.308 e. The Kier molecular flexibility index (Phi) is 3.70. The van der Waals surface area contributed by atoms with Crippen LogP contribution in [0.15, 0.2) is 24.3 Å². The van der Waals surface area contributed by atoms with E-state index in [9.17, 15) is 9.59 Å². The van der Waals surface area contributed by atoms with Crippen molar-refractivity contribution in [1.82, 2.24) is 4.90 Å². The van der Waals surface area contributed by atoms with Gasteiger partial charge in [-0.1, -0.05) is 24.3 Å². The maximum Gasteiger partial charge on any atom is 0.308 e. The van der Waals surface area contributed by atoms with Crippen molar-refractivity contribution in [1.29, 1.82) is 0 Å². The van der Waals surface area contributed by atoms with Crippen LogP contribution in [-0.2, 0) is 16.0 Å². The monoisotopic (exact) mass is 291 g/mol. The first-order chi connectivity index (χ1) is 9.66. The van der Waals surface area contributed by atoms with Gasteiger partial charge in [-0.2, -0.15) is 0 Å². The van der Waals surface area contributed by atoms with Gasteiger partial charge in [0.15, 0.2) is 0 Å². The number of thioether (sulfide) groups is 1. The highest BCUT2D eigenvalue weighted by molar-refractivity contribution is 8.00. The van der Waals surface area contributed by atoms with E-state index in [-0.39, 0.29) is 11.2 Å². The first-order valence-electron chi connectivity index (χ1n) is 6.88. The molecule has 2 atom stereocenters. The first-order valence-corrected chi connectivity index (χ1v) is 7.92. The largest absolute Gasteiger partial charge is 0.481 e. The van der Waals surface area contributed by atoms with Gasteiger partial charge in [0.05, 0.1) is 5.92 Å². The Balaban J connectivity index is 1.78. The molecule has 2 aliphatic heterocycles. The Morgan fingerprint density at radius 3 is 2.85 bits per heavy atom.